The molecule has 0 aliphatic carbocycles. The molecule has 34 heavy (non-hydrogen) atoms. The number of H-pyrrole nitrogens is 1. The van der Waals surface area contributed by atoms with E-state index < -0.39 is 23.2 Å². The van der Waals surface area contributed by atoms with Crippen LogP contribution in [-0.2, 0) is 6.42 Å². The van der Waals surface area contributed by atoms with Crippen LogP contribution in [0.4, 0.5) is 0 Å². The predicted molar refractivity (Wildman–Crippen MR) is 126 cm³/mol. The van der Waals surface area contributed by atoms with Crippen molar-refractivity contribution in [1.82, 2.24) is 14.5 Å². The van der Waals surface area contributed by atoms with Crippen molar-refractivity contribution in [2.45, 2.75) is 32.2 Å². The molecule has 1 atom stereocenters. The summed E-state index contributed by atoms with van der Waals surface area (Å²) in [5.41, 5.74) is 1.90. The van der Waals surface area contributed by atoms with Gasteiger partial charge >= 0.3 is 5.69 Å². The molecular weight excluding hydrogens is 438 g/mol. The Morgan fingerprint density at radius 3 is 2.56 bits per heavy atom. The van der Waals surface area contributed by atoms with Crippen LogP contribution in [0.2, 0.25) is 0 Å². The van der Waals surface area contributed by atoms with Gasteiger partial charge in [-0.2, -0.15) is 0 Å². The third kappa shape index (κ3) is 3.35. The fourth-order valence-corrected chi connectivity index (χ4v) is 4.83. The molecule has 3 aromatic rings. The number of methoxy groups -OCH3 is 1. The molecule has 0 unspecified atom stereocenters. The Balaban J connectivity index is 1.74. The van der Waals surface area contributed by atoms with Crippen molar-refractivity contribution in [1.29, 1.82) is 0 Å². The first-order chi connectivity index (χ1) is 16.3. The van der Waals surface area contributed by atoms with Gasteiger partial charge in [0.05, 0.1) is 24.4 Å². The number of hydrogen-bond donors (Lipinski definition) is 2. The summed E-state index contributed by atoms with van der Waals surface area (Å²) < 4.78 is 18.0. The van der Waals surface area contributed by atoms with Crippen molar-refractivity contribution in [2.75, 3.05) is 27.5 Å². The fraction of sp³-hybridized carbons (Fsp3) is 0.360. The monoisotopic (exact) mass is 465 g/mol. The van der Waals surface area contributed by atoms with Gasteiger partial charge in [-0.05, 0) is 48.7 Å². The quantitative estimate of drug-likeness (QED) is 0.610. The Bertz CT molecular complexity index is 1370. The molecule has 0 amide bonds. The molecule has 2 aromatic carbocycles. The first-order valence-electron chi connectivity index (χ1n) is 11.2. The van der Waals surface area contributed by atoms with Crippen molar-refractivity contribution in [3.05, 3.63) is 73.4 Å². The van der Waals surface area contributed by atoms with Crippen LogP contribution >= 0.6 is 0 Å². The predicted octanol–water partition coefficient (Wildman–Crippen LogP) is 2.67. The van der Waals surface area contributed by atoms with Crippen molar-refractivity contribution < 1.29 is 19.3 Å². The highest BCUT2D eigenvalue weighted by Gasteiger charge is 2.38. The molecule has 2 N–H and O–H groups in total. The van der Waals surface area contributed by atoms with Crippen LogP contribution in [0.25, 0.3) is 5.69 Å². The molecule has 0 saturated carbocycles. The van der Waals surface area contributed by atoms with Crippen LogP contribution in [0.15, 0.2) is 39.9 Å². The summed E-state index contributed by atoms with van der Waals surface area (Å²) in [7, 11) is 3.40. The number of nitrogens with one attached hydrogen (secondary N) is 1. The summed E-state index contributed by atoms with van der Waals surface area (Å²) in [6, 6.07) is 8.56. The Hall–Kier alpha value is -3.72. The fourth-order valence-electron chi connectivity index (χ4n) is 4.83. The maximum atomic E-state index is 13.1. The minimum atomic E-state index is -0.708. The zero-order chi connectivity index (χ0) is 24.1. The zero-order valence-corrected chi connectivity index (χ0v) is 19.5. The third-order valence-corrected chi connectivity index (χ3v) is 6.61. The van der Waals surface area contributed by atoms with Crippen molar-refractivity contribution >= 4 is 0 Å². The number of hydrogen-bond acceptors (Lipinski definition) is 7. The van der Waals surface area contributed by atoms with E-state index in [1.54, 1.807) is 12.1 Å². The lowest BCUT2D eigenvalue weighted by molar-refractivity contribution is 0.170. The molecule has 2 aliphatic heterocycles. The van der Waals surface area contributed by atoms with Crippen LogP contribution < -0.4 is 25.5 Å². The van der Waals surface area contributed by atoms with Gasteiger partial charge in [0, 0.05) is 12.1 Å². The van der Waals surface area contributed by atoms with Gasteiger partial charge in [-0.1, -0.05) is 26.0 Å². The number of benzene rings is 2. The van der Waals surface area contributed by atoms with Crippen LogP contribution in [0.1, 0.15) is 48.1 Å². The number of aromatic hydroxyl groups is 1. The number of likely N-dealkylation sites (N-methyl/N-ethyl adjacent to an activating group) is 1. The SMILES string of the molecule is COc1c2c(cc3c1[C@H](c1c(O)n(-c4ccc(C(C)C)cc4)c(=O)[nH]c1=O)N(C)CC3)OCO2. The Labute approximate surface area is 196 Å². The summed E-state index contributed by atoms with van der Waals surface area (Å²) in [6.45, 7) is 4.86. The lowest BCUT2D eigenvalue weighted by Gasteiger charge is -2.35. The highest BCUT2D eigenvalue weighted by Crippen LogP contribution is 2.51. The van der Waals surface area contributed by atoms with E-state index >= 15 is 0 Å². The van der Waals surface area contributed by atoms with Gasteiger partial charge in [0.25, 0.3) is 5.56 Å². The molecule has 9 nitrogen and oxygen atoms in total. The smallest absolute Gasteiger partial charge is 0.335 e. The van der Waals surface area contributed by atoms with Gasteiger partial charge in [0.1, 0.15) is 0 Å². The van der Waals surface area contributed by atoms with Gasteiger partial charge in [-0.3, -0.25) is 14.7 Å². The molecule has 0 saturated heterocycles. The van der Waals surface area contributed by atoms with E-state index in [4.69, 9.17) is 14.2 Å². The number of ether oxygens (including phenoxy) is 3. The standard InChI is InChI=1S/C25H27N3O6/c1-13(2)14-5-7-16(8-6-14)28-24(30)19(23(29)26-25(28)31)20-18-15(9-10-27(20)3)11-17-21(22(18)32-4)34-12-33-17/h5-8,11,13,20,30H,9-10,12H2,1-4H3,(H,26,29,31)/t20-/m1/s1. The molecule has 178 valence electrons. The Morgan fingerprint density at radius 2 is 1.88 bits per heavy atom. The number of aromatic amines is 1. The van der Waals surface area contributed by atoms with Gasteiger partial charge in [-0.15, -0.1) is 0 Å². The first kappa shape index (κ1) is 22.1. The molecule has 0 radical (unpaired) electrons. The molecule has 5 rings (SSSR count). The number of nitrogens with zero attached hydrogens (tertiary/aromatic N) is 2. The van der Waals surface area contributed by atoms with Crippen molar-refractivity contribution in [2.24, 2.45) is 0 Å². The normalized spacial score (nSPS) is 17.1. The zero-order valence-electron chi connectivity index (χ0n) is 19.5. The third-order valence-electron chi connectivity index (χ3n) is 6.61. The van der Waals surface area contributed by atoms with Gasteiger partial charge in [0.2, 0.25) is 18.4 Å². The summed E-state index contributed by atoms with van der Waals surface area (Å²) in [4.78, 5) is 30.3. The second kappa shape index (κ2) is 8.25. The lowest BCUT2D eigenvalue weighted by atomic mass is 9.87. The van der Waals surface area contributed by atoms with E-state index in [1.807, 2.05) is 30.1 Å². The highest BCUT2D eigenvalue weighted by molar-refractivity contribution is 5.63. The first-order valence-corrected chi connectivity index (χ1v) is 11.2. The van der Waals surface area contributed by atoms with Gasteiger partial charge in [0.15, 0.2) is 11.5 Å². The molecule has 2 aliphatic rings. The largest absolute Gasteiger partial charge is 0.494 e. The van der Waals surface area contributed by atoms with Gasteiger partial charge in [-0.25, -0.2) is 9.36 Å². The van der Waals surface area contributed by atoms with Crippen LogP contribution in [-0.4, -0.2) is 47.1 Å². The molecule has 0 bridgehead atoms. The van der Waals surface area contributed by atoms with E-state index in [-0.39, 0.29) is 12.4 Å². The summed E-state index contributed by atoms with van der Waals surface area (Å²) >= 11 is 0. The van der Waals surface area contributed by atoms with Crippen LogP contribution in [0.5, 0.6) is 23.1 Å². The molecule has 9 heteroatoms. The van der Waals surface area contributed by atoms with E-state index in [1.165, 1.54) is 7.11 Å². The number of aromatic nitrogens is 2. The second-order valence-electron chi connectivity index (χ2n) is 8.93. The Morgan fingerprint density at radius 1 is 1.15 bits per heavy atom. The van der Waals surface area contributed by atoms with Crippen LogP contribution in [0, 0.1) is 0 Å². The molecule has 1 aromatic heterocycles. The average Bonchev–Trinajstić information content (AvgIpc) is 3.27. The molecule has 0 spiro atoms. The lowest BCUT2D eigenvalue weighted by Crippen LogP contribution is -2.39. The minimum Gasteiger partial charge on any atom is -0.494 e. The number of fused-ring (bicyclic) bond motifs is 2. The van der Waals surface area contributed by atoms with E-state index in [2.05, 4.69) is 18.8 Å². The maximum absolute atomic E-state index is 13.1. The summed E-state index contributed by atoms with van der Waals surface area (Å²) in [5, 5.41) is 11.4. The van der Waals surface area contributed by atoms with E-state index in [9.17, 15) is 14.7 Å². The average molecular weight is 466 g/mol. The van der Waals surface area contributed by atoms with E-state index in [0.717, 1.165) is 15.7 Å². The van der Waals surface area contributed by atoms with Gasteiger partial charge < -0.3 is 19.3 Å². The highest BCUT2D eigenvalue weighted by atomic mass is 16.7. The Kier molecular flexibility index (Phi) is 5.36. The van der Waals surface area contributed by atoms with Crippen molar-refractivity contribution in [3.8, 4) is 28.8 Å². The second-order valence-corrected chi connectivity index (χ2v) is 8.93. The van der Waals surface area contributed by atoms with Crippen molar-refractivity contribution in [3.63, 3.8) is 0 Å². The maximum Gasteiger partial charge on any atom is 0.335 e. The summed E-state index contributed by atoms with van der Waals surface area (Å²) in [5.74, 6) is 1.43. The molecule has 3 heterocycles. The molecular formula is C25H27N3O6. The van der Waals surface area contributed by atoms with E-state index in [0.29, 0.717) is 47.4 Å². The topological polar surface area (TPSA) is 106 Å². The number of rotatable bonds is 4. The summed E-state index contributed by atoms with van der Waals surface area (Å²) in [6.07, 6.45) is 0.699. The molecule has 0 fully saturated rings. The minimum absolute atomic E-state index is 0.0631. The van der Waals surface area contributed by atoms with Crippen LogP contribution in [0.3, 0.4) is 0 Å².